The summed E-state index contributed by atoms with van der Waals surface area (Å²) < 4.78 is 1.94. The van der Waals surface area contributed by atoms with Gasteiger partial charge in [0.2, 0.25) is 5.91 Å². The minimum Gasteiger partial charge on any atom is -0.363 e. The van der Waals surface area contributed by atoms with Gasteiger partial charge in [0.15, 0.2) is 5.11 Å². The first-order valence-corrected chi connectivity index (χ1v) is 13.7. The van der Waals surface area contributed by atoms with E-state index in [1.807, 2.05) is 40.7 Å². The SMILES string of the molecule is CCCCNC(=S)N(Cc1cccc(Cl)c1Cl)C[C@H](C)NC(=O)Cc1cncn1Cc1ccc(C#N)cc1. The van der Waals surface area contributed by atoms with Gasteiger partial charge in [-0.25, -0.2) is 4.98 Å². The Morgan fingerprint density at radius 1 is 1.24 bits per heavy atom. The number of thiocarbonyl (C=S) groups is 1. The molecule has 38 heavy (non-hydrogen) atoms. The van der Waals surface area contributed by atoms with Crippen LogP contribution in [-0.2, 0) is 24.3 Å². The first-order valence-electron chi connectivity index (χ1n) is 12.5. The van der Waals surface area contributed by atoms with Crippen molar-refractivity contribution >= 4 is 46.4 Å². The van der Waals surface area contributed by atoms with Crippen LogP contribution in [0.2, 0.25) is 10.0 Å². The van der Waals surface area contributed by atoms with E-state index in [1.165, 1.54) is 0 Å². The highest BCUT2D eigenvalue weighted by Crippen LogP contribution is 2.26. The summed E-state index contributed by atoms with van der Waals surface area (Å²) in [7, 11) is 0. The predicted octanol–water partition coefficient (Wildman–Crippen LogP) is 5.33. The van der Waals surface area contributed by atoms with Gasteiger partial charge in [-0.15, -0.1) is 0 Å². The maximum absolute atomic E-state index is 12.9. The topological polar surface area (TPSA) is 86.0 Å². The molecule has 1 aromatic heterocycles. The molecule has 0 aliphatic carbocycles. The van der Waals surface area contributed by atoms with Gasteiger partial charge in [0.1, 0.15) is 0 Å². The lowest BCUT2D eigenvalue weighted by molar-refractivity contribution is -0.121. The van der Waals surface area contributed by atoms with Gasteiger partial charge in [0.25, 0.3) is 0 Å². The Kier molecular flexibility index (Phi) is 11.4. The molecule has 2 N–H and O–H groups in total. The Balaban J connectivity index is 1.62. The number of hydrogen-bond donors (Lipinski definition) is 2. The molecule has 1 amide bonds. The number of carbonyl (C=O) groups is 1. The highest BCUT2D eigenvalue weighted by molar-refractivity contribution is 7.80. The Morgan fingerprint density at radius 3 is 2.71 bits per heavy atom. The largest absolute Gasteiger partial charge is 0.363 e. The molecule has 7 nitrogen and oxygen atoms in total. The Morgan fingerprint density at radius 2 is 2.00 bits per heavy atom. The van der Waals surface area contributed by atoms with Crippen LogP contribution >= 0.6 is 35.4 Å². The summed E-state index contributed by atoms with van der Waals surface area (Å²) in [5.41, 5.74) is 3.30. The molecule has 0 unspecified atom stereocenters. The fourth-order valence-electron chi connectivity index (χ4n) is 3.97. The van der Waals surface area contributed by atoms with Crippen LogP contribution < -0.4 is 10.6 Å². The molecule has 2 aromatic carbocycles. The Labute approximate surface area is 239 Å². The average molecular weight is 572 g/mol. The highest BCUT2D eigenvalue weighted by Gasteiger charge is 2.18. The van der Waals surface area contributed by atoms with Crippen molar-refractivity contribution in [3.8, 4) is 6.07 Å². The van der Waals surface area contributed by atoms with Crippen molar-refractivity contribution in [2.75, 3.05) is 13.1 Å². The third-order valence-corrected chi connectivity index (χ3v) is 7.22. The van der Waals surface area contributed by atoms with Crippen LogP contribution in [0.5, 0.6) is 0 Å². The number of carbonyl (C=O) groups excluding carboxylic acids is 1. The maximum atomic E-state index is 12.9. The summed E-state index contributed by atoms with van der Waals surface area (Å²) in [6.45, 7) is 6.39. The number of aromatic nitrogens is 2. The second-order valence-corrected chi connectivity index (χ2v) is 10.3. The number of rotatable bonds is 12. The molecule has 3 rings (SSSR count). The molecular formula is C28H32Cl2N6OS. The van der Waals surface area contributed by atoms with Crippen molar-refractivity contribution in [3.63, 3.8) is 0 Å². The molecule has 0 spiro atoms. The molecular weight excluding hydrogens is 539 g/mol. The first-order chi connectivity index (χ1) is 18.3. The van der Waals surface area contributed by atoms with Crippen molar-refractivity contribution < 1.29 is 4.79 Å². The average Bonchev–Trinajstić information content (AvgIpc) is 3.32. The minimum absolute atomic E-state index is 0.107. The Hall–Kier alpha value is -3.12. The lowest BCUT2D eigenvalue weighted by Crippen LogP contribution is -2.47. The summed E-state index contributed by atoms with van der Waals surface area (Å²) in [5, 5.41) is 17.0. The van der Waals surface area contributed by atoms with Crippen LogP contribution in [0.15, 0.2) is 55.0 Å². The summed E-state index contributed by atoms with van der Waals surface area (Å²) in [6.07, 6.45) is 5.67. The smallest absolute Gasteiger partial charge is 0.226 e. The molecule has 0 saturated heterocycles. The zero-order valence-corrected chi connectivity index (χ0v) is 23.9. The third-order valence-electron chi connectivity index (χ3n) is 5.96. The molecule has 0 fully saturated rings. The number of imidazole rings is 1. The van der Waals surface area contributed by atoms with Crippen LogP contribution in [0, 0.1) is 11.3 Å². The van der Waals surface area contributed by atoms with Gasteiger partial charge < -0.3 is 20.1 Å². The zero-order valence-electron chi connectivity index (χ0n) is 21.6. The van der Waals surface area contributed by atoms with Gasteiger partial charge in [-0.05, 0) is 54.9 Å². The lowest BCUT2D eigenvalue weighted by atomic mass is 10.1. The molecule has 0 aliphatic rings. The Bertz CT molecular complexity index is 1270. The fourth-order valence-corrected chi connectivity index (χ4v) is 4.59. The number of nitrogens with one attached hydrogen (secondary N) is 2. The zero-order chi connectivity index (χ0) is 27.5. The van der Waals surface area contributed by atoms with E-state index in [0.29, 0.717) is 40.4 Å². The van der Waals surface area contributed by atoms with Gasteiger partial charge in [-0.1, -0.05) is 60.8 Å². The van der Waals surface area contributed by atoms with Crippen molar-refractivity contribution in [2.24, 2.45) is 0 Å². The second-order valence-electron chi connectivity index (χ2n) is 9.15. The van der Waals surface area contributed by atoms with Crippen molar-refractivity contribution in [2.45, 2.75) is 52.2 Å². The molecule has 0 saturated carbocycles. The summed E-state index contributed by atoms with van der Waals surface area (Å²) in [6, 6.07) is 14.9. The van der Waals surface area contributed by atoms with Crippen molar-refractivity contribution in [1.29, 1.82) is 5.26 Å². The van der Waals surface area contributed by atoms with E-state index in [0.717, 1.165) is 36.2 Å². The maximum Gasteiger partial charge on any atom is 0.226 e. The van der Waals surface area contributed by atoms with Gasteiger partial charge in [0.05, 0.1) is 34.4 Å². The number of unbranched alkanes of at least 4 members (excludes halogenated alkanes) is 1. The van der Waals surface area contributed by atoms with Crippen LogP contribution in [0.3, 0.4) is 0 Å². The lowest BCUT2D eigenvalue weighted by Gasteiger charge is -2.29. The first kappa shape index (κ1) is 29.4. The monoisotopic (exact) mass is 570 g/mol. The van der Waals surface area contributed by atoms with E-state index in [-0.39, 0.29) is 18.4 Å². The number of hydrogen-bond acceptors (Lipinski definition) is 4. The molecule has 0 radical (unpaired) electrons. The number of nitriles is 1. The predicted molar refractivity (Wildman–Crippen MR) is 156 cm³/mol. The van der Waals surface area contributed by atoms with Crippen molar-refractivity contribution in [1.82, 2.24) is 25.1 Å². The number of amides is 1. The normalized spacial score (nSPS) is 11.4. The highest BCUT2D eigenvalue weighted by atomic mass is 35.5. The summed E-state index contributed by atoms with van der Waals surface area (Å²) in [5.74, 6) is -0.107. The van der Waals surface area contributed by atoms with Crippen LogP contribution in [-0.4, -0.2) is 44.6 Å². The van der Waals surface area contributed by atoms with Crippen LogP contribution in [0.1, 0.15) is 49.1 Å². The van der Waals surface area contributed by atoms with Gasteiger partial charge >= 0.3 is 0 Å². The van der Waals surface area contributed by atoms with E-state index in [1.54, 1.807) is 30.7 Å². The van der Waals surface area contributed by atoms with E-state index in [9.17, 15) is 4.79 Å². The molecule has 1 heterocycles. The van der Waals surface area contributed by atoms with E-state index < -0.39 is 0 Å². The minimum atomic E-state index is -0.179. The van der Waals surface area contributed by atoms with Gasteiger partial charge in [-0.2, -0.15) is 5.26 Å². The number of halogens is 2. The summed E-state index contributed by atoms with van der Waals surface area (Å²) >= 11 is 18.3. The number of benzene rings is 2. The molecule has 0 bridgehead atoms. The second kappa shape index (κ2) is 14.7. The number of nitrogens with zero attached hydrogens (tertiary/aromatic N) is 4. The molecule has 10 heteroatoms. The van der Waals surface area contributed by atoms with Gasteiger partial charge in [0, 0.05) is 44.1 Å². The standard InChI is InChI=1S/C28H32Cl2N6OS/c1-3-4-12-33-28(38)35(18-23-6-5-7-25(29)27(23)30)16-20(2)34-26(37)13-24-15-32-19-36(24)17-22-10-8-21(14-31)9-11-22/h5-11,15,19-20H,3-4,12-13,16-18H2,1-2H3,(H,33,38)(H,34,37)/t20-/m0/s1. The van der Waals surface area contributed by atoms with E-state index in [2.05, 4.69) is 28.6 Å². The molecule has 200 valence electrons. The van der Waals surface area contributed by atoms with E-state index >= 15 is 0 Å². The van der Waals surface area contributed by atoms with Crippen molar-refractivity contribution in [3.05, 3.63) is 87.4 Å². The quantitative estimate of drug-likeness (QED) is 0.226. The molecule has 1 atom stereocenters. The summed E-state index contributed by atoms with van der Waals surface area (Å²) in [4.78, 5) is 19.2. The molecule has 3 aromatic rings. The van der Waals surface area contributed by atoms with E-state index in [4.69, 9.17) is 40.7 Å². The van der Waals surface area contributed by atoms with Gasteiger partial charge in [-0.3, -0.25) is 4.79 Å². The molecule has 0 aliphatic heterocycles. The van der Waals surface area contributed by atoms with Crippen LogP contribution in [0.25, 0.3) is 0 Å². The van der Waals surface area contributed by atoms with Crippen LogP contribution in [0.4, 0.5) is 0 Å². The third kappa shape index (κ3) is 8.73. The fraction of sp³-hybridized carbons (Fsp3) is 0.357.